The summed E-state index contributed by atoms with van der Waals surface area (Å²) in [7, 11) is 0. The van der Waals surface area contributed by atoms with Gasteiger partial charge in [0.05, 0.1) is 4.47 Å². The third-order valence-corrected chi connectivity index (χ3v) is 4.29. The van der Waals surface area contributed by atoms with E-state index in [1.165, 1.54) is 0 Å². The summed E-state index contributed by atoms with van der Waals surface area (Å²) in [4.78, 5) is 4.29. The molecular weight excluding hydrogens is 408 g/mol. The number of nitrogens with zero attached hydrogens (tertiary/aromatic N) is 2. The monoisotopic (exact) mass is 414 g/mol. The van der Waals surface area contributed by atoms with Gasteiger partial charge in [0.1, 0.15) is 5.75 Å². The zero-order valence-electron chi connectivity index (χ0n) is 10.0. The van der Waals surface area contributed by atoms with Crippen LogP contribution in [0.15, 0.2) is 48.5 Å². The highest BCUT2D eigenvalue weighted by Gasteiger charge is 2.10. The summed E-state index contributed by atoms with van der Waals surface area (Å²) in [5, 5.41) is 7.87. The number of benzene rings is 1. The topological polar surface area (TPSA) is 48.2 Å². The summed E-state index contributed by atoms with van der Waals surface area (Å²) in [6.07, 6.45) is 0. The number of ether oxygens (including phenoxy) is 1. The van der Waals surface area contributed by atoms with Gasteiger partial charge in [-0.05, 0) is 45.6 Å². The highest BCUT2D eigenvalue weighted by atomic mass is 79.9. The van der Waals surface area contributed by atoms with Crippen LogP contribution in [-0.4, -0.2) is 10.1 Å². The van der Waals surface area contributed by atoms with Crippen LogP contribution in [0.5, 0.6) is 5.75 Å². The van der Waals surface area contributed by atoms with E-state index in [-0.39, 0.29) is 6.61 Å². The highest BCUT2D eigenvalue weighted by molar-refractivity contribution is 9.11. The van der Waals surface area contributed by atoms with E-state index in [9.17, 15) is 0 Å². The van der Waals surface area contributed by atoms with E-state index in [2.05, 4.69) is 42.0 Å². The fourth-order valence-corrected chi connectivity index (χ4v) is 3.35. The molecule has 3 aromatic rings. The van der Waals surface area contributed by atoms with Gasteiger partial charge in [-0.3, -0.25) is 0 Å². The Bertz CT molecular complexity index is 713. The molecule has 4 nitrogen and oxygen atoms in total. The van der Waals surface area contributed by atoms with Crippen LogP contribution < -0.4 is 4.74 Å². The van der Waals surface area contributed by atoms with Crippen molar-refractivity contribution in [2.75, 3.05) is 0 Å². The first-order valence-corrected chi connectivity index (χ1v) is 8.18. The van der Waals surface area contributed by atoms with E-state index in [4.69, 9.17) is 9.26 Å². The first kappa shape index (κ1) is 13.8. The second-order valence-corrected chi connectivity index (χ2v) is 6.44. The lowest BCUT2D eigenvalue weighted by Gasteiger charge is -2.05. The van der Waals surface area contributed by atoms with E-state index in [1.807, 2.05) is 35.0 Å². The Balaban J connectivity index is 1.70. The maximum Gasteiger partial charge on any atom is 0.264 e. The Morgan fingerprint density at radius 1 is 1.25 bits per heavy atom. The molecule has 0 fully saturated rings. The van der Waals surface area contributed by atoms with Crippen molar-refractivity contribution in [3.63, 3.8) is 0 Å². The molecule has 0 saturated carbocycles. The summed E-state index contributed by atoms with van der Waals surface area (Å²) >= 11 is 8.42. The van der Waals surface area contributed by atoms with E-state index in [0.29, 0.717) is 11.7 Å². The van der Waals surface area contributed by atoms with Crippen LogP contribution in [0.3, 0.4) is 0 Å². The van der Waals surface area contributed by atoms with Gasteiger partial charge in [0, 0.05) is 15.4 Å². The molecule has 2 heterocycles. The van der Waals surface area contributed by atoms with Gasteiger partial charge in [0.2, 0.25) is 5.82 Å². The molecule has 0 aliphatic carbocycles. The van der Waals surface area contributed by atoms with Crippen LogP contribution in [0, 0.1) is 0 Å². The van der Waals surface area contributed by atoms with Crippen LogP contribution in [0.25, 0.3) is 11.4 Å². The van der Waals surface area contributed by atoms with Crippen molar-refractivity contribution in [1.29, 1.82) is 0 Å². The standard InChI is InChI=1S/C13H8Br2N2O2S/c14-9-1-2-11(10(15)5-9)18-6-12-16-13(17-19-12)8-3-4-20-7-8/h1-5,7H,6H2. The first-order chi connectivity index (χ1) is 9.72. The molecule has 20 heavy (non-hydrogen) atoms. The van der Waals surface area contributed by atoms with Crippen molar-refractivity contribution in [2.24, 2.45) is 0 Å². The fraction of sp³-hybridized carbons (Fsp3) is 0.0769. The Hall–Kier alpha value is -1.18. The number of rotatable bonds is 4. The summed E-state index contributed by atoms with van der Waals surface area (Å²) in [6.45, 7) is 0.234. The van der Waals surface area contributed by atoms with Crippen molar-refractivity contribution in [1.82, 2.24) is 10.1 Å². The van der Waals surface area contributed by atoms with E-state index >= 15 is 0 Å². The first-order valence-electron chi connectivity index (χ1n) is 5.65. The minimum Gasteiger partial charge on any atom is -0.483 e. The van der Waals surface area contributed by atoms with E-state index < -0.39 is 0 Å². The fourth-order valence-electron chi connectivity index (χ4n) is 1.55. The van der Waals surface area contributed by atoms with Crippen molar-refractivity contribution < 1.29 is 9.26 Å². The number of thiophene rings is 1. The molecule has 0 radical (unpaired) electrons. The van der Waals surface area contributed by atoms with Crippen LogP contribution >= 0.6 is 43.2 Å². The van der Waals surface area contributed by atoms with Crippen LogP contribution in [0.2, 0.25) is 0 Å². The molecule has 0 aliphatic rings. The van der Waals surface area contributed by atoms with Gasteiger partial charge in [0.25, 0.3) is 5.89 Å². The third kappa shape index (κ3) is 3.11. The second-order valence-electron chi connectivity index (χ2n) is 3.89. The van der Waals surface area contributed by atoms with Crippen molar-refractivity contribution in [3.8, 4) is 17.1 Å². The second kappa shape index (κ2) is 6.07. The Morgan fingerprint density at radius 2 is 2.15 bits per heavy atom. The molecule has 0 amide bonds. The van der Waals surface area contributed by atoms with Gasteiger partial charge in [-0.15, -0.1) is 0 Å². The molecule has 0 saturated heterocycles. The Labute approximate surface area is 136 Å². The predicted octanol–water partition coefficient (Wildman–Crippen LogP) is 4.90. The van der Waals surface area contributed by atoms with Crippen LogP contribution in [-0.2, 0) is 6.61 Å². The molecule has 7 heteroatoms. The van der Waals surface area contributed by atoms with Gasteiger partial charge in [-0.25, -0.2) is 0 Å². The van der Waals surface area contributed by atoms with Gasteiger partial charge in [0.15, 0.2) is 6.61 Å². The number of hydrogen-bond acceptors (Lipinski definition) is 5. The van der Waals surface area contributed by atoms with Crippen molar-refractivity contribution >= 4 is 43.2 Å². The Morgan fingerprint density at radius 3 is 2.90 bits per heavy atom. The van der Waals surface area contributed by atoms with Gasteiger partial charge >= 0.3 is 0 Å². The van der Waals surface area contributed by atoms with Gasteiger partial charge < -0.3 is 9.26 Å². The summed E-state index contributed by atoms with van der Waals surface area (Å²) in [5.41, 5.74) is 0.954. The number of hydrogen-bond donors (Lipinski definition) is 0. The van der Waals surface area contributed by atoms with Crippen molar-refractivity contribution in [3.05, 3.63) is 49.9 Å². The lowest BCUT2D eigenvalue weighted by atomic mass is 10.3. The minimum absolute atomic E-state index is 0.234. The van der Waals surface area contributed by atoms with Gasteiger partial charge in [-0.1, -0.05) is 21.1 Å². The van der Waals surface area contributed by atoms with Gasteiger partial charge in [-0.2, -0.15) is 16.3 Å². The van der Waals surface area contributed by atoms with Crippen LogP contribution in [0.4, 0.5) is 0 Å². The molecule has 0 bridgehead atoms. The summed E-state index contributed by atoms with van der Waals surface area (Å²) in [5.74, 6) is 1.75. The van der Waals surface area contributed by atoms with Crippen molar-refractivity contribution in [2.45, 2.75) is 6.61 Å². The molecule has 0 unspecified atom stereocenters. The molecule has 0 spiro atoms. The largest absolute Gasteiger partial charge is 0.483 e. The molecule has 2 aromatic heterocycles. The Kier molecular flexibility index (Phi) is 4.18. The lowest BCUT2D eigenvalue weighted by molar-refractivity contribution is 0.242. The quantitative estimate of drug-likeness (QED) is 0.607. The predicted molar refractivity (Wildman–Crippen MR) is 83.8 cm³/mol. The average molecular weight is 416 g/mol. The molecule has 1 aromatic carbocycles. The number of aromatic nitrogens is 2. The van der Waals surface area contributed by atoms with E-state index in [0.717, 1.165) is 20.3 Å². The molecule has 0 aliphatic heterocycles. The summed E-state index contributed by atoms with van der Waals surface area (Å²) in [6, 6.07) is 7.64. The smallest absolute Gasteiger partial charge is 0.264 e. The normalized spacial score (nSPS) is 10.7. The highest BCUT2D eigenvalue weighted by Crippen LogP contribution is 2.29. The third-order valence-electron chi connectivity index (χ3n) is 2.49. The summed E-state index contributed by atoms with van der Waals surface area (Å²) < 4.78 is 12.7. The lowest BCUT2D eigenvalue weighted by Crippen LogP contribution is -1.96. The maximum atomic E-state index is 5.65. The van der Waals surface area contributed by atoms with E-state index in [1.54, 1.807) is 11.3 Å². The average Bonchev–Trinajstić information content (AvgIpc) is 3.08. The molecule has 3 rings (SSSR count). The SMILES string of the molecule is Brc1ccc(OCc2nc(-c3ccsc3)no2)c(Br)c1. The molecule has 0 N–H and O–H groups in total. The van der Waals surface area contributed by atoms with Crippen LogP contribution in [0.1, 0.15) is 5.89 Å². The molecular formula is C13H8Br2N2O2S. The molecule has 102 valence electrons. The number of halogens is 2. The maximum absolute atomic E-state index is 5.65. The minimum atomic E-state index is 0.234. The molecule has 0 atom stereocenters. The zero-order valence-corrected chi connectivity index (χ0v) is 14.0. The zero-order chi connectivity index (χ0) is 13.9.